The van der Waals surface area contributed by atoms with Crippen molar-refractivity contribution in [1.82, 2.24) is 10.2 Å². The fraction of sp³-hybridized carbons (Fsp3) is 0.524. The second-order valence-corrected chi connectivity index (χ2v) is 7.67. The van der Waals surface area contributed by atoms with Crippen molar-refractivity contribution in [1.29, 1.82) is 0 Å². The zero-order chi connectivity index (χ0) is 21.1. The second kappa shape index (κ2) is 8.71. The van der Waals surface area contributed by atoms with Crippen molar-refractivity contribution >= 4 is 23.7 Å². The molecule has 4 unspecified atom stereocenters. The summed E-state index contributed by atoms with van der Waals surface area (Å²) in [4.78, 5) is 50.3. The Hall–Kier alpha value is -2.77. The first kappa shape index (κ1) is 21.0. The van der Waals surface area contributed by atoms with Gasteiger partial charge in [-0.1, -0.05) is 25.0 Å². The Kier molecular flexibility index (Phi) is 6.30. The Balaban J connectivity index is 1.52. The minimum atomic E-state index is -1.10. The number of fused-ring (bicyclic) bond motifs is 1. The van der Waals surface area contributed by atoms with E-state index in [4.69, 9.17) is 4.74 Å². The van der Waals surface area contributed by atoms with Gasteiger partial charge in [-0.2, -0.15) is 0 Å². The van der Waals surface area contributed by atoms with Gasteiger partial charge in [0.05, 0.1) is 17.9 Å². The number of carbonyl (C=O) groups excluding carboxylic acids is 4. The predicted molar refractivity (Wildman–Crippen MR) is 101 cm³/mol. The van der Waals surface area contributed by atoms with E-state index in [-0.39, 0.29) is 29.5 Å². The van der Waals surface area contributed by atoms with E-state index in [2.05, 4.69) is 5.32 Å². The van der Waals surface area contributed by atoms with Crippen molar-refractivity contribution in [2.24, 2.45) is 11.8 Å². The van der Waals surface area contributed by atoms with Crippen molar-refractivity contribution in [3.63, 3.8) is 0 Å². The smallest absolute Gasteiger partial charge is 0.326 e. The van der Waals surface area contributed by atoms with Crippen LogP contribution in [0.3, 0.4) is 0 Å². The van der Waals surface area contributed by atoms with Crippen molar-refractivity contribution < 1.29 is 28.3 Å². The van der Waals surface area contributed by atoms with Gasteiger partial charge >= 0.3 is 5.97 Å². The summed E-state index contributed by atoms with van der Waals surface area (Å²) in [7, 11) is 0. The summed E-state index contributed by atoms with van der Waals surface area (Å²) in [6, 6.07) is 5.29. The lowest BCUT2D eigenvalue weighted by Gasteiger charge is -2.19. The van der Waals surface area contributed by atoms with Crippen LogP contribution in [-0.4, -0.2) is 41.2 Å². The maximum absolute atomic E-state index is 13.0. The van der Waals surface area contributed by atoms with Gasteiger partial charge in [-0.15, -0.1) is 0 Å². The molecule has 0 bridgehead atoms. The number of likely N-dealkylation sites (tertiary alicyclic amines) is 1. The molecule has 3 rings (SSSR count). The highest BCUT2D eigenvalue weighted by Gasteiger charge is 2.48. The number of nitrogens with zero attached hydrogens (tertiary/aromatic N) is 1. The summed E-state index contributed by atoms with van der Waals surface area (Å²) < 4.78 is 18.1. The Morgan fingerprint density at radius 2 is 1.66 bits per heavy atom. The highest BCUT2D eigenvalue weighted by molar-refractivity contribution is 6.07. The van der Waals surface area contributed by atoms with Crippen molar-refractivity contribution in [3.8, 4) is 0 Å². The van der Waals surface area contributed by atoms with Gasteiger partial charge in [0.2, 0.25) is 11.8 Å². The molecular formula is C21H25FN2O5. The first-order chi connectivity index (χ1) is 13.8. The predicted octanol–water partition coefficient (Wildman–Crippen LogP) is 2.11. The van der Waals surface area contributed by atoms with Crippen LogP contribution in [0.5, 0.6) is 0 Å². The number of hydrogen-bond donors (Lipinski definition) is 1. The molecule has 2 fully saturated rings. The van der Waals surface area contributed by atoms with Crippen molar-refractivity contribution in [2.75, 3.05) is 6.54 Å². The maximum atomic E-state index is 13.0. The number of ether oxygens (including phenoxy) is 1. The Morgan fingerprint density at radius 3 is 2.21 bits per heavy atom. The van der Waals surface area contributed by atoms with Crippen LogP contribution in [0.1, 0.15) is 51.1 Å². The third-order valence-electron chi connectivity index (χ3n) is 5.63. The maximum Gasteiger partial charge on any atom is 0.326 e. The second-order valence-electron chi connectivity index (χ2n) is 7.67. The van der Waals surface area contributed by atoms with Gasteiger partial charge in [0.15, 0.2) is 6.10 Å². The zero-order valence-corrected chi connectivity index (χ0v) is 16.5. The molecule has 29 heavy (non-hydrogen) atoms. The third-order valence-corrected chi connectivity index (χ3v) is 5.63. The van der Waals surface area contributed by atoms with E-state index in [0.717, 1.165) is 17.7 Å². The molecule has 8 heteroatoms. The van der Waals surface area contributed by atoms with Gasteiger partial charge in [-0.05, 0) is 44.4 Å². The SMILES string of the molecule is CC(OC(=O)CN1C(=O)C2CCCCC2C1=O)C(=O)NC(C)c1ccc(F)cc1. The van der Waals surface area contributed by atoms with Crippen LogP contribution >= 0.6 is 0 Å². The van der Waals surface area contributed by atoms with Crippen molar-refractivity contribution in [3.05, 3.63) is 35.6 Å². The van der Waals surface area contributed by atoms with Crippen LogP contribution in [0.2, 0.25) is 0 Å². The molecule has 0 radical (unpaired) electrons. The van der Waals surface area contributed by atoms with Crippen molar-refractivity contribution in [2.45, 2.75) is 51.7 Å². The number of carbonyl (C=O) groups is 4. The number of halogens is 1. The summed E-state index contributed by atoms with van der Waals surface area (Å²) >= 11 is 0. The minimum Gasteiger partial charge on any atom is -0.451 e. The number of rotatable bonds is 6. The molecule has 2 aliphatic rings. The standard InChI is InChI=1S/C21H25FN2O5/c1-12(14-7-9-15(22)10-8-14)23-19(26)13(2)29-18(25)11-24-20(27)16-5-3-4-6-17(16)21(24)28/h7-10,12-13,16-17H,3-6,11H2,1-2H3,(H,23,26). The average molecular weight is 404 g/mol. The van der Waals surface area contributed by atoms with Crippen LogP contribution in [0.15, 0.2) is 24.3 Å². The minimum absolute atomic E-state index is 0.321. The molecule has 1 aliphatic carbocycles. The Bertz CT molecular complexity index is 786. The Labute approximate surface area is 168 Å². The number of imide groups is 1. The topological polar surface area (TPSA) is 92.8 Å². The molecule has 1 aromatic carbocycles. The van der Waals surface area contributed by atoms with E-state index in [9.17, 15) is 23.6 Å². The van der Waals surface area contributed by atoms with Gasteiger partial charge in [-0.3, -0.25) is 24.1 Å². The lowest BCUT2D eigenvalue weighted by atomic mass is 9.81. The molecule has 1 saturated heterocycles. The monoisotopic (exact) mass is 404 g/mol. The number of benzene rings is 1. The fourth-order valence-electron chi connectivity index (χ4n) is 3.97. The molecule has 1 heterocycles. The third kappa shape index (κ3) is 4.63. The average Bonchev–Trinajstić information content (AvgIpc) is 2.93. The quantitative estimate of drug-likeness (QED) is 0.579. The van der Waals surface area contributed by atoms with Crippen LogP contribution in [-0.2, 0) is 23.9 Å². The molecule has 1 N–H and O–H groups in total. The summed E-state index contributed by atoms with van der Waals surface area (Å²) in [6.07, 6.45) is 2.05. The van der Waals surface area contributed by atoms with Gasteiger partial charge in [-0.25, -0.2) is 4.39 Å². The zero-order valence-electron chi connectivity index (χ0n) is 16.5. The van der Waals surface area contributed by atoms with E-state index in [1.807, 2.05) is 0 Å². The van der Waals surface area contributed by atoms with Crippen LogP contribution in [0.25, 0.3) is 0 Å². The largest absolute Gasteiger partial charge is 0.451 e. The summed E-state index contributed by atoms with van der Waals surface area (Å²) in [5.74, 6) is -3.01. The highest BCUT2D eigenvalue weighted by Crippen LogP contribution is 2.37. The van der Waals surface area contributed by atoms with Gasteiger partial charge in [0.25, 0.3) is 5.91 Å². The first-order valence-electron chi connectivity index (χ1n) is 9.88. The Morgan fingerprint density at radius 1 is 1.10 bits per heavy atom. The summed E-state index contributed by atoms with van der Waals surface area (Å²) in [5.41, 5.74) is 0.703. The van der Waals surface area contributed by atoms with E-state index < -0.39 is 30.6 Å². The van der Waals surface area contributed by atoms with E-state index in [0.29, 0.717) is 18.4 Å². The van der Waals surface area contributed by atoms with E-state index in [1.54, 1.807) is 19.1 Å². The first-order valence-corrected chi connectivity index (χ1v) is 9.88. The highest BCUT2D eigenvalue weighted by atomic mass is 19.1. The molecule has 4 atom stereocenters. The molecular weight excluding hydrogens is 379 g/mol. The molecule has 0 aromatic heterocycles. The lowest BCUT2D eigenvalue weighted by Crippen LogP contribution is -2.41. The van der Waals surface area contributed by atoms with E-state index >= 15 is 0 Å². The summed E-state index contributed by atoms with van der Waals surface area (Å²) in [6.45, 7) is 2.66. The summed E-state index contributed by atoms with van der Waals surface area (Å²) in [5, 5.41) is 2.69. The molecule has 7 nitrogen and oxygen atoms in total. The van der Waals surface area contributed by atoms with Crippen LogP contribution < -0.4 is 5.32 Å². The van der Waals surface area contributed by atoms with Gasteiger partial charge in [0, 0.05) is 0 Å². The molecule has 156 valence electrons. The van der Waals surface area contributed by atoms with Gasteiger partial charge in [0.1, 0.15) is 12.4 Å². The number of esters is 1. The number of nitrogens with one attached hydrogen (secondary N) is 1. The molecule has 1 saturated carbocycles. The molecule has 1 aliphatic heterocycles. The lowest BCUT2D eigenvalue weighted by molar-refractivity contribution is -0.159. The number of amides is 3. The molecule has 3 amide bonds. The number of hydrogen-bond acceptors (Lipinski definition) is 5. The van der Waals surface area contributed by atoms with Crippen LogP contribution in [0, 0.1) is 17.7 Å². The van der Waals surface area contributed by atoms with E-state index in [1.165, 1.54) is 19.1 Å². The fourth-order valence-corrected chi connectivity index (χ4v) is 3.97. The van der Waals surface area contributed by atoms with Gasteiger partial charge < -0.3 is 10.1 Å². The van der Waals surface area contributed by atoms with Crippen LogP contribution in [0.4, 0.5) is 4.39 Å². The normalized spacial score (nSPS) is 23.3. The molecule has 1 aromatic rings. The molecule has 0 spiro atoms.